The Labute approximate surface area is 308 Å². The van der Waals surface area contributed by atoms with Crippen molar-refractivity contribution in [2.75, 3.05) is 57.3 Å². The van der Waals surface area contributed by atoms with Gasteiger partial charge in [-0.25, -0.2) is 14.4 Å². The standard InChI is InChI=1S/C38H40FN7O4S2/c39-30-20-31(26-6-7-32(41-21-26)43-17-12-40-13-18-43)52-33(30)37(49)45-14-8-27(29(22-45)25-4-2-1-3-5-25)35(47)44-15-10-38(50,11-16-44)23-46-24-42-34-28(36(46)48)9-19-51-34/h1-7,9,19-21,24,27,29,40,50H,8,10-18,22-23H2/t27-,29+/m1/s1. The molecule has 3 aliphatic heterocycles. The summed E-state index contributed by atoms with van der Waals surface area (Å²) in [5, 5.41) is 17.2. The lowest BCUT2D eigenvalue weighted by atomic mass is 9.79. The second-order valence-electron chi connectivity index (χ2n) is 14.0. The van der Waals surface area contributed by atoms with E-state index in [9.17, 15) is 19.5 Å². The van der Waals surface area contributed by atoms with E-state index in [1.54, 1.807) is 17.2 Å². The predicted molar refractivity (Wildman–Crippen MR) is 200 cm³/mol. The molecule has 0 bridgehead atoms. The van der Waals surface area contributed by atoms with Gasteiger partial charge in [-0.3, -0.25) is 19.0 Å². The van der Waals surface area contributed by atoms with Crippen LogP contribution in [0.1, 0.15) is 40.4 Å². The van der Waals surface area contributed by atoms with Crippen LogP contribution in [0.2, 0.25) is 0 Å². The number of piperazine rings is 1. The van der Waals surface area contributed by atoms with Gasteiger partial charge in [-0.1, -0.05) is 30.3 Å². The molecule has 0 aliphatic carbocycles. The summed E-state index contributed by atoms with van der Waals surface area (Å²) in [5.74, 6) is -0.723. The van der Waals surface area contributed by atoms with E-state index < -0.39 is 11.4 Å². The molecule has 1 aromatic carbocycles. The van der Waals surface area contributed by atoms with Gasteiger partial charge in [0, 0.05) is 80.8 Å². The molecule has 5 aromatic rings. The lowest BCUT2D eigenvalue weighted by molar-refractivity contribution is -0.142. The van der Waals surface area contributed by atoms with E-state index in [2.05, 4.69) is 20.2 Å². The molecule has 3 saturated heterocycles. The number of halogens is 1. The quantitative estimate of drug-likeness (QED) is 0.251. The molecule has 2 amide bonds. The molecule has 3 fully saturated rings. The van der Waals surface area contributed by atoms with E-state index in [4.69, 9.17) is 0 Å². The SMILES string of the molecule is O=C(c1sc(-c2ccc(N3CCNCC3)nc2)cc1F)N1CC[C@@H](C(=O)N2CCC(O)(Cn3cnc4sccc4c3=O)CC2)[C@H](c2ccccc2)C1. The number of aliphatic hydroxyl groups is 1. The van der Waals surface area contributed by atoms with Crippen LogP contribution >= 0.6 is 22.7 Å². The van der Waals surface area contributed by atoms with E-state index in [-0.39, 0.29) is 47.2 Å². The number of fused-ring (bicyclic) bond motifs is 1. The minimum absolute atomic E-state index is 0.0112. The van der Waals surface area contributed by atoms with Crippen LogP contribution < -0.4 is 15.8 Å². The molecular formula is C38H40FN7O4S2. The first-order valence-corrected chi connectivity index (χ1v) is 19.5. The number of hydrogen-bond acceptors (Lipinski definition) is 10. The molecule has 11 nitrogen and oxygen atoms in total. The van der Waals surface area contributed by atoms with Crippen molar-refractivity contribution in [3.63, 3.8) is 0 Å². The number of thiophene rings is 2. The normalized spacial score (nSPS) is 20.7. The van der Waals surface area contributed by atoms with Crippen LogP contribution in [-0.2, 0) is 11.3 Å². The van der Waals surface area contributed by atoms with Crippen molar-refractivity contribution in [1.82, 2.24) is 29.7 Å². The fraction of sp³-hybridized carbons (Fsp3) is 0.395. The third-order valence-electron chi connectivity index (χ3n) is 10.7. The van der Waals surface area contributed by atoms with Gasteiger partial charge in [0.25, 0.3) is 11.5 Å². The molecule has 270 valence electrons. The zero-order valence-corrected chi connectivity index (χ0v) is 30.3. The second-order valence-corrected chi connectivity index (χ2v) is 15.9. The summed E-state index contributed by atoms with van der Waals surface area (Å²) in [4.78, 5) is 57.1. The summed E-state index contributed by atoms with van der Waals surface area (Å²) in [5.41, 5.74) is 0.383. The zero-order valence-electron chi connectivity index (χ0n) is 28.6. The molecule has 0 spiro atoms. The Hall–Kier alpha value is -4.50. The van der Waals surface area contributed by atoms with Gasteiger partial charge in [0.15, 0.2) is 0 Å². The number of rotatable bonds is 7. The lowest BCUT2D eigenvalue weighted by Crippen LogP contribution is -2.53. The van der Waals surface area contributed by atoms with Gasteiger partial charge in [0.1, 0.15) is 21.3 Å². The average Bonchev–Trinajstić information content (AvgIpc) is 3.83. The minimum atomic E-state index is -1.15. The number of likely N-dealkylation sites (tertiary alicyclic amines) is 2. The molecule has 52 heavy (non-hydrogen) atoms. The number of aromatic nitrogens is 3. The van der Waals surface area contributed by atoms with Crippen LogP contribution in [0.5, 0.6) is 0 Å². The molecule has 3 aliphatic rings. The Bertz CT molecular complexity index is 2120. The van der Waals surface area contributed by atoms with Crippen LogP contribution in [0.15, 0.2) is 77.3 Å². The third-order valence-corrected chi connectivity index (χ3v) is 12.7. The number of carbonyl (C=O) groups excluding carboxylic acids is 2. The van der Waals surface area contributed by atoms with E-state index in [1.807, 2.05) is 52.7 Å². The molecule has 0 radical (unpaired) electrons. The van der Waals surface area contributed by atoms with Crippen LogP contribution in [-0.4, -0.2) is 99.2 Å². The molecule has 4 aromatic heterocycles. The number of nitrogens with zero attached hydrogens (tertiary/aromatic N) is 6. The number of piperidine rings is 2. The van der Waals surface area contributed by atoms with Crippen molar-refractivity contribution >= 4 is 50.5 Å². The maximum atomic E-state index is 15.4. The number of benzene rings is 1. The van der Waals surface area contributed by atoms with Gasteiger partial charge in [-0.2, -0.15) is 0 Å². The summed E-state index contributed by atoms with van der Waals surface area (Å²) in [6.45, 7) is 4.99. The third kappa shape index (κ3) is 6.87. The predicted octanol–water partition coefficient (Wildman–Crippen LogP) is 4.43. The number of amides is 2. The van der Waals surface area contributed by atoms with E-state index in [0.29, 0.717) is 54.0 Å². The van der Waals surface area contributed by atoms with Crippen molar-refractivity contribution < 1.29 is 19.1 Å². The average molecular weight is 742 g/mol. The van der Waals surface area contributed by atoms with Gasteiger partial charge in [0.2, 0.25) is 5.91 Å². The molecule has 2 atom stereocenters. The van der Waals surface area contributed by atoms with Crippen molar-refractivity contribution in [2.45, 2.75) is 37.3 Å². The summed E-state index contributed by atoms with van der Waals surface area (Å²) in [6, 6.07) is 16.8. The van der Waals surface area contributed by atoms with Gasteiger partial charge in [-0.05, 0) is 54.5 Å². The molecule has 8 rings (SSSR count). The molecule has 0 unspecified atom stereocenters. The van der Waals surface area contributed by atoms with Crippen molar-refractivity contribution in [3.05, 3.63) is 99.1 Å². The topological polar surface area (TPSA) is 124 Å². The maximum Gasteiger partial charge on any atom is 0.266 e. The largest absolute Gasteiger partial charge is 0.388 e. The highest BCUT2D eigenvalue weighted by Gasteiger charge is 2.42. The summed E-state index contributed by atoms with van der Waals surface area (Å²) in [6.07, 6.45) is 4.32. The van der Waals surface area contributed by atoms with Crippen LogP contribution in [0.4, 0.5) is 10.2 Å². The van der Waals surface area contributed by atoms with Crippen molar-refractivity contribution in [1.29, 1.82) is 0 Å². The molecule has 14 heteroatoms. The number of pyridine rings is 1. The Kier molecular flexibility index (Phi) is 9.64. The Balaban J connectivity index is 0.947. The highest BCUT2D eigenvalue weighted by Crippen LogP contribution is 2.38. The Morgan fingerprint density at radius 2 is 1.77 bits per heavy atom. The van der Waals surface area contributed by atoms with E-state index >= 15 is 4.39 Å². The van der Waals surface area contributed by atoms with Crippen molar-refractivity contribution in [3.8, 4) is 10.4 Å². The van der Waals surface area contributed by atoms with Crippen LogP contribution in [0.3, 0.4) is 0 Å². The Morgan fingerprint density at radius 3 is 2.52 bits per heavy atom. The lowest BCUT2D eigenvalue weighted by Gasteiger charge is -2.43. The number of anilines is 1. The van der Waals surface area contributed by atoms with Crippen LogP contribution in [0.25, 0.3) is 20.7 Å². The number of nitrogens with one attached hydrogen (secondary N) is 1. The maximum absolute atomic E-state index is 15.4. The molecule has 0 saturated carbocycles. The molecule has 2 N–H and O–H groups in total. The first-order chi connectivity index (χ1) is 25.3. The second kappa shape index (κ2) is 14.5. The van der Waals surface area contributed by atoms with Gasteiger partial charge in [0.05, 0.1) is 23.9 Å². The first-order valence-electron chi connectivity index (χ1n) is 17.8. The summed E-state index contributed by atoms with van der Waals surface area (Å²) < 4.78 is 16.9. The molecular weight excluding hydrogens is 702 g/mol. The number of hydrogen-bond donors (Lipinski definition) is 2. The monoisotopic (exact) mass is 741 g/mol. The van der Waals surface area contributed by atoms with Crippen molar-refractivity contribution in [2.24, 2.45) is 5.92 Å². The fourth-order valence-electron chi connectivity index (χ4n) is 7.74. The smallest absolute Gasteiger partial charge is 0.266 e. The fourth-order valence-corrected chi connectivity index (χ4v) is 9.46. The number of carbonyl (C=O) groups is 2. The van der Waals surface area contributed by atoms with E-state index in [0.717, 1.165) is 54.5 Å². The highest BCUT2D eigenvalue weighted by atomic mass is 32.1. The first kappa shape index (κ1) is 34.6. The Morgan fingerprint density at radius 1 is 0.981 bits per heavy atom. The molecule has 7 heterocycles. The summed E-state index contributed by atoms with van der Waals surface area (Å²) in [7, 11) is 0. The zero-order chi connectivity index (χ0) is 35.8. The highest BCUT2D eigenvalue weighted by molar-refractivity contribution is 7.17. The van der Waals surface area contributed by atoms with Gasteiger partial charge >= 0.3 is 0 Å². The van der Waals surface area contributed by atoms with Crippen LogP contribution in [0, 0.1) is 11.7 Å². The van der Waals surface area contributed by atoms with E-state index in [1.165, 1.54) is 28.3 Å². The summed E-state index contributed by atoms with van der Waals surface area (Å²) >= 11 is 2.53. The van der Waals surface area contributed by atoms with Gasteiger partial charge < -0.3 is 25.1 Å². The van der Waals surface area contributed by atoms with Gasteiger partial charge in [-0.15, -0.1) is 22.7 Å². The minimum Gasteiger partial charge on any atom is -0.388 e.